The van der Waals surface area contributed by atoms with Gasteiger partial charge in [-0.3, -0.25) is 14.6 Å². The molecule has 8 nitrogen and oxygen atoms in total. The van der Waals surface area contributed by atoms with Crippen molar-refractivity contribution >= 4 is 11.9 Å². The standard InChI is InChI=1S/C45H63N3O5/c1-26(2)28-15-20-45(39-48-47-37(53-39)27-12-11-23-46-25-27)22-21-43(8)29(35(28)45)13-14-32-42(7)18-17-33(41(5,6)31(42)16-19-44(32,43)9)52-38(50)36-30(40(36,3)4)24-34(49)51-10/h11-12,23,25,28-33,35-36H,1,13-22,24H2,2-10H3/t28-,29+,30+,31-,32+,33-,35+,36+,42-,43+,44+,45-/m0/s1. The van der Waals surface area contributed by atoms with Crippen LogP contribution in [0.25, 0.3) is 11.5 Å². The molecule has 12 atom stereocenters. The van der Waals surface area contributed by atoms with Gasteiger partial charge in [0.1, 0.15) is 6.10 Å². The molecule has 0 aliphatic heterocycles. The number of carbonyl (C=O) groups is 2. The van der Waals surface area contributed by atoms with Gasteiger partial charge in [-0.15, -0.1) is 10.2 Å². The van der Waals surface area contributed by atoms with Crippen LogP contribution in [-0.2, 0) is 24.5 Å². The van der Waals surface area contributed by atoms with Crippen molar-refractivity contribution in [1.82, 2.24) is 15.2 Å². The van der Waals surface area contributed by atoms with E-state index in [0.717, 1.165) is 50.0 Å². The number of ether oxygens (including phenoxy) is 2. The van der Waals surface area contributed by atoms with Crippen LogP contribution >= 0.6 is 0 Å². The Morgan fingerprint density at radius 2 is 1.66 bits per heavy atom. The van der Waals surface area contributed by atoms with Crippen LogP contribution in [0.4, 0.5) is 0 Å². The van der Waals surface area contributed by atoms with Crippen LogP contribution in [0.5, 0.6) is 0 Å². The number of carbonyl (C=O) groups excluding carboxylic acids is 2. The molecule has 2 heterocycles. The molecule has 6 fully saturated rings. The molecular weight excluding hydrogens is 663 g/mol. The number of esters is 2. The molecule has 8 rings (SSSR count). The van der Waals surface area contributed by atoms with E-state index in [4.69, 9.17) is 19.0 Å². The van der Waals surface area contributed by atoms with E-state index in [0.29, 0.717) is 35.5 Å². The molecule has 0 radical (unpaired) electrons. The zero-order valence-electron chi connectivity index (χ0n) is 33.8. The third-order valence-corrected chi connectivity index (χ3v) is 17.9. The molecule has 0 saturated heterocycles. The van der Waals surface area contributed by atoms with E-state index in [1.807, 2.05) is 18.3 Å². The van der Waals surface area contributed by atoms with Crippen LogP contribution in [0.1, 0.15) is 132 Å². The smallest absolute Gasteiger partial charge is 0.310 e. The highest BCUT2D eigenvalue weighted by atomic mass is 16.5. The fourth-order valence-corrected chi connectivity index (χ4v) is 14.8. The van der Waals surface area contributed by atoms with Gasteiger partial charge < -0.3 is 13.9 Å². The maximum Gasteiger partial charge on any atom is 0.310 e. The maximum absolute atomic E-state index is 13.7. The highest BCUT2D eigenvalue weighted by Gasteiger charge is 2.72. The molecule has 2 aromatic rings. The SMILES string of the molecule is C=C(C)[C@@H]1CC[C@]2(c3nnc(-c4cccnc4)o3)CC[C@]3(C)[C@H](CC[C@@H]4[C@@]5(C)CC[C@H](OC(=O)[C@H]6[C@@H](CC(=O)OC)C6(C)C)C(C)(C)[C@@H]5CC[C@]43C)[C@@H]12. The summed E-state index contributed by atoms with van der Waals surface area (Å²) >= 11 is 0. The van der Waals surface area contributed by atoms with Crippen molar-refractivity contribution in [1.29, 1.82) is 0 Å². The highest BCUT2D eigenvalue weighted by Crippen LogP contribution is 2.78. The molecular formula is C45H63N3O5. The van der Waals surface area contributed by atoms with Crippen molar-refractivity contribution in [2.24, 2.45) is 68.5 Å². The number of fused-ring (bicyclic) bond motifs is 7. The molecule has 6 aliphatic carbocycles. The van der Waals surface area contributed by atoms with E-state index in [-0.39, 0.29) is 68.8 Å². The summed E-state index contributed by atoms with van der Waals surface area (Å²) < 4.78 is 18.1. The lowest BCUT2D eigenvalue weighted by molar-refractivity contribution is -0.246. The molecule has 0 aromatic carbocycles. The summed E-state index contributed by atoms with van der Waals surface area (Å²) in [5.74, 6) is 3.28. The van der Waals surface area contributed by atoms with Crippen LogP contribution in [0, 0.1) is 68.5 Å². The Labute approximate surface area is 317 Å². The van der Waals surface area contributed by atoms with Gasteiger partial charge in [0.15, 0.2) is 0 Å². The number of rotatable bonds is 7. The number of hydrogen-bond acceptors (Lipinski definition) is 8. The molecule has 0 unspecified atom stereocenters. The first-order chi connectivity index (χ1) is 25.0. The molecule has 8 heteroatoms. The van der Waals surface area contributed by atoms with Gasteiger partial charge in [-0.05, 0) is 140 Å². The second-order valence-electron chi connectivity index (χ2n) is 20.5. The number of pyridine rings is 1. The average Bonchev–Trinajstić information content (AvgIpc) is 3.49. The monoisotopic (exact) mass is 725 g/mol. The van der Waals surface area contributed by atoms with Gasteiger partial charge in [0, 0.05) is 24.2 Å². The molecule has 2 aromatic heterocycles. The summed E-state index contributed by atoms with van der Waals surface area (Å²) in [7, 11) is 1.42. The van der Waals surface area contributed by atoms with Crippen LogP contribution in [0.3, 0.4) is 0 Å². The second-order valence-corrected chi connectivity index (χ2v) is 20.5. The topological polar surface area (TPSA) is 104 Å². The summed E-state index contributed by atoms with van der Waals surface area (Å²) in [6, 6.07) is 3.92. The van der Waals surface area contributed by atoms with Crippen molar-refractivity contribution in [2.75, 3.05) is 7.11 Å². The predicted octanol–water partition coefficient (Wildman–Crippen LogP) is 9.79. The quantitative estimate of drug-likeness (QED) is 0.205. The Morgan fingerprint density at radius 3 is 2.36 bits per heavy atom. The summed E-state index contributed by atoms with van der Waals surface area (Å²) in [4.78, 5) is 30.1. The van der Waals surface area contributed by atoms with Crippen molar-refractivity contribution in [3.05, 3.63) is 42.6 Å². The van der Waals surface area contributed by atoms with Gasteiger partial charge >= 0.3 is 11.9 Å². The number of nitrogens with zero attached hydrogens (tertiary/aromatic N) is 3. The zero-order chi connectivity index (χ0) is 37.9. The fraction of sp³-hybridized carbons (Fsp3) is 0.756. The van der Waals surface area contributed by atoms with Gasteiger partial charge in [-0.2, -0.15) is 0 Å². The molecule has 0 N–H and O–H groups in total. The van der Waals surface area contributed by atoms with Crippen LogP contribution in [0.15, 0.2) is 41.1 Å². The number of hydrogen-bond donors (Lipinski definition) is 0. The minimum atomic E-state index is -0.253. The van der Waals surface area contributed by atoms with Crippen LogP contribution in [0.2, 0.25) is 0 Å². The Kier molecular flexibility index (Phi) is 8.52. The van der Waals surface area contributed by atoms with E-state index in [1.54, 1.807) is 6.20 Å². The van der Waals surface area contributed by atoms with Crippen molar-refractivity contribution in [3.8, 4) is 11.5 Å². The summed E-state index contributed by atoms with van der Waals surface area (Å²) in [5.41, 5.74) is 2.22. The molecule has 6 aliphatic rings. The lowest BCUT2D eigenvalue weighted by Gasteiger charge is -2.72. The van der Waals surface area contributed by atoms with Gasteiger partial charge in [0.25, 0.3) is 0 Å². The fourth-order valence-electron chi connectivity index (χ4n) is 14.8. The van der Waals surface area contributed by atoms with Gasteiger partial charge in [0.2, 0.25) is 11.8 Å². The normalized spacial score (nSPS) is 43.3. The Hall–Kier alpha value is -3.03. The van der Waals surface area contributed by atoms with Crippen molar-refractivity contribution in [2.45, 2.75) is 138 Å². The van der Waals surface area contributed by atoms with E-state index in [1.165, 1.54) is 38.4 Å². The van der Waals surface area contributed by atoms with Gasteiger partial charge in [0.05, 0.1) is 24.0 Å². The predicted molar refractivity (Wildman–Crippen MR) is 203 cm³/mol. The molecule has 0 bridgehead atoms. The summed E-state index contributed by atoms with van der Waals surface area (Å²) in [6.07, 6.45) is 15.0. The largest absolute Gasteiger partial charge is 0.469 e. The zero-order valence-corrected chi connectivity index (χ0v) is 33.8. The van der Waals surface area contributed by atoms with Crippen molar-refractivity contribution < 1.29 is 23.5 Å². The minimum Gasteiger partial charge on any atom is -0.469 e. The third kappa shape index (κ3) is 5.14. The molecule has 288 valence electrons. The first kappa shape index (κ1) is 36.9. The first-order valence-corrected chi connectivity index (χ1v) is 20.6. The van der Waals surface area contributed by atoms with E-state index >= 15 is 0 Å². The van der Waals surface area contributed by atoms with Gasteiger partial charge in [-0.25, -0.2) is 0 Å². The lowest BCUT2D eigenvalue weighted by Crippen LogP contribution is -2.67. The van der Waals surface area contributed by atoms with Crippen molar-refractivity contribution in [3.63, 3.8) is 0 Å². The Bertz CT molecular complexity index is 1780. The molecule has 53 heavy (non-hydrogen) atoms. The summed E-state index contributed by atoms with van der Waals surface area (Å²) in [5, 5.41) is 9.41. The highest BCUT2D eigenvalue weighted by molar-refractivity contribution is 5.80. The Balaban J connectivity index is 1.05. The first-order valence-electron chi connectivity index (χ1n) is 20.6. The number of methoxy groups -OCH3 is 1. The number of allylic oxidation sites excluding steroid dienone is 1. The molecule has 0 amide bonds. The number of aromatic nitrogens is 3. The van der Waals surface area contributed by atoms with E-state index in [9.17, 15) is 9.59 Å². The van der Waals surface area contributed by atoms with E-state index in [2.05, 4.69) is 72.1 Å². The molecule has 0 spiro atoms. The van der Waals surface area contributed by atoms with Gasteiger partial charge in [-0.1, -0.05) is 60.6 Å². The second kappa shape index (κ2) is 12.2. The molecule has 6 saturated carbocycles. The van der Waals surface area contributed by atoms with E-state index < -0.39 is 0 Å². The Morgan fingerprint density at radius 1 is 0.887 bits per heavy atom. The minimum absolute atomic E-state index is 0.0210. The summed E-state index contributed by atoms with van der Waals surface area (Å²) in [6.45, 7) is 23.7. The third-order valence-electron chi connectivity index (χ3n) is 17.9. The average molecular weight is 726 g/mol. The maximum atomic E-state index is 13.7. The van der Waals surface area contributed by atoms with Crippen LogP contribution < -0.4 is 0 Å². The lowest BCUT2D eigenvalue weighted by atomic mass is 9.32. The van der Waals surface area contributed by atoms with Crippen LogP contribution in [-0.4, -0.2) is 40.3 Å².